The molecule has 82 valence electrons. The third kappa shape index (κ3) is 2.25. The normalized spacial score (nSPS) is 21.3. The van der Waals surface area contributed by atoms with Crippen molar-refractivity contribution in [1.82, 2.24) is 9.97 Å². The van der Waals surface area contributed by atoms with E-state index in [0.717, 1.165) is 13.1 Å². The zero-order valence-electron chi connectivity index (χ0n) is 9.15. The van der Waals surface area contributed by atoms with E-state index in [1.54, 1.807) is 0 Å². The molecule has 1 aliphatic rings. The molecule has 0 saturated carbocycles. The van der Waals surface area contributed by atoms with Crippen LogP contribution in [0.25, 0.3) is 0 Å². The van der Waals surface area contributed by atoms with Gasteiger partial charge in [0.1, 0.15) is 12.1 Å². The first-order valence-electron chi connectivity index (χ1n) is 5.39. The van der Waals surface area contributed by atoms with Crippen molar-refractivity contribution in [2.75, 3.05) is 18.0 Å². The highest BCUT2D eigenvalue weighted by Gasteiger charge is 2.25. The van der Waals surface area contributed by atoms with Crippen LogP contribution in [-0.4, -0.2) is 23.1 Å². The van der Waals surface area contributed by atoms with E-state index in [1.165, 1.54) is 18.8 Å². The molecule has 4 heteroatoms. The van der Waals surface area contributed by atoms with Gasteiger partial charge in [-0.05, 0) is 18.3 Å². The van der Waals surface area contributed by atoms with Crippen molar-refractivity contribution >= 4 is 5.82 Å². The van der Waals surface area contributed by atoms with Gasteiger partial charge in [0, 0.05) is 19.2 Å². The van der Waals surface area contributed by atoms with Crippen LogP contribution in [0.1, 0.15) is 20.3 Å². The van der Waals surface area contributed by atoms with E-state index in [1.807, 2.05) is 0 Å². The molecule has 0 N–H and O–H groups in total. The average molecular weight is 209 g/mol. The molecule has 1 unspecified atom stereocenters. The maximum absolute atomic E-state index is 12.9. The monoisotopic (exact) mass is 209 g/mol. The first kappa shape index (κ1) is 10.3. The highest BCUT2D eigenvalue weighted by Crippen LogP contribution is 2.26. The van der Waals surface area contributed by atoms with Crippen LogP contribution in [0.15, 0.2) is 12.4 Å². The van der Waals surface area contributed by atoms with Gasteiger partial charge in [-0.15, -0.1) is 0 Å². The van der Waals surface area contributed by atoms with E-state index >= 15 is 0 Å². The van der Waals surface area contributed by atoms with E-state index in [0.29, 0.717) is 17.7 Å². The molecule has 0 spiro atoms. The van der Waals surface area contributed by atoms with E-state index in [4.69, 9.17) is 0 Å². The van der Waals surface area contributed by atoms with Crippen LogP contribution in [0.2, 0.25) is 0 Å². The fourth-order valence-electron chi connectivity index (χ4n) is 2.04. The van der Waals surface area contributed by atoms with Gasteiger partial charge in [-0.1, -0.05) is 13.8 Å². The van der Waals surface area contributed by atoms with Crippen molar-refractivity contribution in [3.05, 3.63) is 18.3 Å². The Kier molecular flexibility index (Phi) is 2.84. The third-order valence-corrected chi connectivity index (χ3v) is 3.11. The molecular formula is C11H16FN3. The van der Waals surface area contributed by atoms with Gasteiger partial charge >= 0.3 is 0 Å². The number of hydrogen-bond donors (Lipinski definition) is 0. The predicted octanol–water partition coefficient (Wildman–Crippen LogP) is 2.10. The molecule has 15 heavy (non-hydrogen) atoms. The summed E-state index contributed by atoms with van der Waals surface area (Å²) in [7, 11) is 0. The summed E-state index contributed by atoms with van der Waals surface area (Å²) in [5.41, 5.74) is 0. The second kappa shape index (κ2) is 4.13. The molecule has 0 amide bonds. The summed E-state index contributed by atoms with van der Waals surface area (Å²) < 4.78 is 12.9. The van der Waals surface area contributed by atoms with E-state index < -0.39 is 5.95 Å². The fourth-order valence-corrected chi connectivity index (χ4v) is 2.04. The Morgan fingerprint density at radius 2 is 2.27 bits per heavy atom. The van der Waals surface area contributed by atoms with Gasteiger partial charge in [-0.25, -0.2) is 9.97 Å². The van der Waals surface area contributed by atoms with Crippen LogP contribution >= 0.6 is 0 Å². The SMILES string of the molecule is CC(C)C1CCN(c2cc(F)ncn2)C1. The van der Waals surface area contributed by atoms with Crippen LogP contribution in [0.5, 0.6) is 0 Å². The fraction of sp³-hybridized carbons (Fsp3) is 0.636. The lowest BCUT2D eigenvalue weighted by Gasteiger charge is -2.18. The molecule has 1 aromatic rings. The highest BCUT2D eigenvalue weighted by molar-refractivity contribution is 5.38. The molecule has 1 aliphatic heterocycles. The number of anilines is 1. The third-order valence-electron chi connectivity index (χ3n) is 3.11. The van der Waals surface area contributed by atoms with Gasteiger partial charge in [0.05, 0.1) is 0 Å². The van der Waals surface area contributed by atoms with Crippen LogP contribution in [0, 0.1) is 17.8 Å². The largest absolute Gasteiger partial charge is 0.356 e. The molecule has 2 heterocycles. The zero-order chi connectivity index (χ0) is 10.8. The van der Waals surface area contributed by atoms with Gasteiger partial charge in [0.2, 0.25) is 5.95 Å². The topological polar surface area (TPSA) is 29.0 Å². The van der Waals surface area contributed by atoms with E-state index in [2.05, 4.69) is 28.7 Å². The Morgan fingerprint density at radius 3 is 2.87 bits per heavy atom. The molecule has 2 rings (SSSR count). The molecule has 0 bridgehead atoms. The van der Waals surface area contributed by atoms with Gasteiger partial charge in [-0.2, -0.15) is 4.39 Å². The molecule has 0 aliphatic carbocycles. The first-order chi connectivity index (χ1) is 7.16. The molecular weight excluding hydrogens is 193 g/mol. The van der Waals surface area contributed by atoms with Gasteiger partial charge in [-0.3, -0.25) is 0 Å². The van der Waals surface area contributed by atoms with Crippen LogP contribution in [0.3, 0.4) is 0 Å². The number of hydrogen-bond acceptors (Lipinski definition) is 3. The summed E-state index contributed by atoms with van der Waals surface area (Å²) in [6.07, 6.45) is 2.46. The summed E-state index contributed by atoms with van der Waals surface area (Å²) >= 11 is 0. The number of aromatic nitrogens is 2. The predicted molar refractivity (Wildman–Crippen MR) is 57.1 cm³/mol. The molecule has 3 nitrogen and oxygen atoms in total. The maximum atomic E-state index is 12.9. The summed E-state index contributed by atoms with van der Waals surface area (Å²) in [4.78, 5) is 9.69. The van der Waals surface area contributed by atoms with Crippen molar-refractivity contribution in [3.63, 3.8) is 0 Å². The summed E-state index contributed by atoms with van der Waals surface area (Å²) in [6.45, 7) is 6.41. The Labute approximate surface area is 89.3 Å². The van der Waals surface area contributed by atoms with Gasteiger partial charge in [0.15, 0.2) is 0 Å². The van der Waals surface area contributed by atoms with Gasteiger partial charge < -0.3 is 4.90 Å². The Hall–Kier alpha value is -1.19. The van der Waals surface area contributed by atoms with Crippen molar-refractivity contribution in [1.29, 1.82) is 0 Å². The van der Waals surface area contributed by atoms with Gasteiger partial charge in [0.25, 0.3) is 0 Å². The number of nitrogens with zero attached hydrogens (tertiary/aromatic N) is 3. The quantitative estimate of drug-likeness (QED) is 0.698. The second-order valence-electron chi connectivity index (χ2n) is 4.44. The first-order valence-corrected chi connectivity index (χ1v) is 5.39. The van der Waals surface area contributed by atoms with Crippen molar-refractivity contribution in [2.24, 2.45) is 11.8 Å². The van der Waals surface area contributed by atoms with Crippen molar-refractivity contribution in [3.8, 4) is 0 Å². The summed E-state index contributed by atoms with van der Waals surface area (Å²) in [5, 5.41) is 0. The molecule has 1 aromatic heterocycles. The minimum absolute atomic E-state index is 0.451. The number of halogens is 1. The molecule has 1 fully saturated rings. The Balaban J connectivity index is 2.08. The minimum atomic E-state index is -0.451. The second-order valence-corrected chi connectivity index (χ2v) is 4.44. The lowest BCUT2D eigenvalue weighted by molar-refractivity contribution is 0.422. The molecule has 1 atom stereocenters. The highest BCUT2D eigenvalue weighted by atomic mass is 19.1. The van der Waals surface area contributed by atoms with Crippen molar-refractivity contribution in [2.45, 2.75) is 20.3 Å². The van der Waals surface area contributed by atoms with Crippen LogP contribution in [-0.2, 0) is 0 Å². The van der Waals surface area contributed by atoms with Crippen molar-refractivity contribution < 1.29 is 4.39 Å². The van der Waals surface area contributed by atoms with Crippen LogP contribution in [0.4, 0.5) is 10.2 Å². The van der Waals surface area contributed by atoms with E-state index in [-0.39, 0.29) is 0 Å². The maximum Gasteiger partial charge on any atom is 0.218 e. The Morgan fingerprint density at radius 1 is 1.47 bits per heavy atom. The standard InChI is InChI=1S/C11H16FN3/c1-8(2)9-3-4-15(6-9)11-5-10(12)13-7-14-11/h5,7-9H,3-4,6H2,1-2H3. The van der Waals surface area contributed by atoms with E-state index in [9.17, 15) is 4.39 Å². The average Bonchev–Trinajstić information content (AvgIpc) is 2.66. The lowest BCUT2D eigenvalue weighted by Crippen LogP contribution is -2.22. The summed E-state index contributed by atoms with van der Waals surface area (Å²) in [5.74, 6) is 1.64. The van der Waals surface area contributed by atoms with Crippen LogP contribution < -0.4 is 4.90 Å². The lowest BCUT2D eigenvalue weighted by atomic mass is 9.95. The summed E-state index contributed by atoms with van der Waals surface area (Å²) in [6, 6.07) is 1.41. The Bertz CT molecular complexity index is 340. The molecule has 1 saturated heterocycles. The smallest absolute Gasteiger partial charge is 0.218 e. The zero-order valence-corrected chi connectivity index (χ0v) is 9.15. The minimum Gasteiger partial charge on any atom is -0.356 e. The molecule has 0 aromatic carbocycles. The molecule has 0 radical (unpaired) electrons. The number of rotatable bonds is 2.